The summed E-state index contributed by atoms with van der Waals surface area (Å²) in [6.45, 7) is 12.9. The number of Topliss-reactive ketones (excluding diaryl/α,β-unsaturated/α-hetero) is 1. The molecule has 7 fully saturated rings. The predicted molar refractivity (Wildman–Crippen MR) is 203 cm³/mol. The van der Waals surface area contributed by atoms with Crippen molar-refractivity contribution >= 4 is 5.78 Å². The predicted octanol–water partition coefficient (Wildman–Crippen LogP) is 5.55. The van der Waals surface area contributed by atoms with E-state index in [-0.39, 0.29) is 58.7 Å². The fraction of sp³-hybridized carbons (Fsp3) is 0.933. The maximum Gasteiger partial charge on any atom is 0.162 e. The molecule has 15 atom stereocenters. The van der Waals surface area contributed by atoms with Crippen LogP contribution < -0.4 is 11.1 Å². The molecule has 0 bridgehead atoms. The summed E-state index contributed by atoms with van der Waals surface area (Å²) in [4.78, 5) is 14.9. The van der Waals surface area contributed by atoms with Crippen molar-refractivity contribution in [3.63, 3.8) is 0 Å². The second-order valence-electron chi connectivity index (χ2n) is 21.7. The molecule has 3 heterocycles. The van der Waals surface area contributed by atoms with E-state index < -0.39 is 28.3 Å². The van der Waals surface area contributed by atoms with E-state index in [1.54, 1.807) is 0 Å². The average molecular weight is 738 g/mol. The minimum atomic E-state index is -1.04. The van der Waals surface area contributed by atoms with Gasteiger partial charge in [-0.15, -0.1) is 0 Å². The SMILES string of the molecule is CC1CCOC(C2OC2C(C)(O)C(C)(C)CCC2CC[NH2+]C(N)C2)(C2CC3CCC4=C5C(CCC2(C)C53O)C2(C3CCCC3)CCC(O)CC2C4=O)C1. The number of ether oxygens (including phenoxy) is 2. The summed E-state index contributed by atoms with van der Waals surface area (Å²) in [5.41, 5.74) is 4.77. The van der Waals surface area contributed by atoms with E-state index in [2.05, 4.69) is 33.0 Å². The lowest BCUT2D eigenvalue weighted by Gasteiger charge is -2.65. The van der Waals surface area contributed by atoms with Crippen LogP contribution in [0.3, 0.4) is 0 Å². The smallest absolute Gasteiger partial charge is 0.162 e. The molecule has 6 aliphatic carbocycles. The van der Waals surface area contributed by atoms with E-state index in [0.717, 1.165) is 94.7 Å². The summed E-state index contributed by atoms with van der Waals surface area (Å²) in [5.74, 6) is 2.11. The fourth-order valence-electron chi connectivity index (χ4n) is 15.7. The van der Waals surface area contributed by atoms with Gasteiger partial charge in [-0.1, -0.05) is 40.5 Å². The normalized spacial score (nSPS) is 51.2. The molecule has 7 N–H and O–H groups in total. The van der Waals surface area contributed by atoms with Crippen molar-refractivity contribution in [3.8, 4) is 0 Å². The van der Waals surface area contributed by atoms with Gasteiger partial charge in [-0.25, -0.2) is 0 Å². The average Bonchev–Trinajstić information content (AvgIpc) is 3.69. The number of hydrogen-bond donors (Lipinski definition) is 5. The Balaban J connectivity index is 1.06. The topological polar surface area (TPSA) is 142 Å². The zero-order valence-corrected chi connectivity index (χ0v) is 33.7. The third-order valence-corrected chi connectivity index (χ3v) is 18.9. The molecule has 9 aliphatic rings. The third-order valence-electron chi connectivity index (χ3n) is 18.9. The van der Waals surface area contributed by atoms with E-state index in [1.807, 2.05) is 6.92 Å². The minimum absolute atomic E-state index is 0.0675. The first-order valence-electron chi connectivity index (χ1n) is 22.4. The van der Waals surface area contributed by atoms with Crippen LogP contribution in [-0.4, -0.2) is 75.5 Å². The lowest BCUT2D eigenvalue weighted by molar-refractivity contribution is -0.699. The number of fused-ring (bicyclic) bond motifs is 2. The lowest BCUT2D eigenvalue weighted by atomic mass is 9.40. The van der Waals surface area contributed by atoms with Gasteiger partial charge in [0.1, 0.15) is 24.0 Å². The van der Waals surface area contributed by atoms with Crippen LogP contribution in [0.1, 0.15) is 150 Å². The number of rotatable bonds is 8. The summed E-state index contributed by atoms with van der Waals surface area (Å²) in [7, 11) is 0. The van der Waals surface area contributed by atoms with Gasteiger partial charge >= 0.3 is 0 Å². The van der Waals surface area contributed by atoms with Gasteiger partial charge in [-0.05, 0) is 161 Å². The van der Waals surface area contributed by atoms with Gasteiger partial charge in [0.15, 0.2) is 5.78 Å². The number of aliphatic hydroxyl groups excluding tert-OH is 1. The minimum Gasteiger partial charge on any atom is -0.393 e. The first kappa shape index (κ1) is 37.7. The maximum absolute atomic E-state index is 14.9. The molecule has 3 saturated heterocycles. The van der Waals surface area contributed by atoms with Gasteiger partial charge in [0.05, 0.1) is 23.9 Å². The molecule has 8 heteroatoms. The Hall–Kier alpha value is -0.870. The largest absolute Gasteiger partial charge is 0.393 e. The van der Waals surface area contributed by atoms with Crippen molar-refractivity contribution in [1.29, 1.82) is 0 Å². The Morgan fingerprint density at radius 1 is 0.962 bits per heavy atom. The first-order valence-corrected chi connectivity index (χ1v) is 22.4. The van der Waals surface area contributed by atoms with E-state index in [1.165, 1.54) is 32.1 Å². The van der Waals surface area contributed by atoms with Crippen LogP contribution in [0, 0.1) is 57.7 Å². The number of piperidine rings is 1. The van der Waals surface area contributed by atoms with Crippen LogP contribution in [0.5, 0.6) is 0 Å². The molecular weight excluding hydrogens is 665 g/mol. The Kier molecular flexibility index (Phi) is 9.11. The molecule has 0 aromatic carbocycles. The number of ketones is 1. The summed E-state index contributed by atoms with van der Waals surface area (Å²) >= 11 is 0. The van der Waals surface area contributed by atoms with E-state index in [4.69, 9.17) is 15.2 Å². The number of nitrogens with two attached hydrogens (primary N) is 2. The highest BCUT2D eigenvalue weighted by Gasteiger charge is 2.78. The second-order valence-corrected chi connectivity index (χ2v) is 21.7. The van der Waals surface area contributed by atoms with Gasteiger partial charge in [0, 0.05) is 24.4 Å². The summed E-state index contributed by atoms with van der Waals surface area (Å²) < 4.78 is 14.0. The number of epoxide rings is 1. The number of aliphatic hydroxyl groups is 3. The van der Waals surface area contributed by atoms with Crippen LogP contribution in [0.15, 0.2) is 11.1 Å². The van der Waals surface area contributed by atoms with Gasteiger partial charge in [-0.3, -0.25) is 10.5 Å². The number of carbonyl (C=O) groups excluding carboxylic acids is 1. The highest BCUT2D eigenvalue weighted by Crippen LogP contribution is 2.76. The molecule has 9 rings (SSSR count). The zero-order chi connectivity index (χ0) is 37.3. The van der Waals surface area contributed by atoms with Gasteiger partial charge in [0.25, 0.3) is 0 Å². The first-order chi connectivity index (χ1) is 25.1. The monoisotopic (exact) mass is 738 g/mol. The zero-order valence-electron chi connectivity index (χ0n) is 33.7. The van der Waals surface area contributed by atoms with Crippen molar-refractivity contribution in [2.45, 2.75) is 191 Å². The van der Waals surface area contributed by atoms with Crippen LogP contribution in [0.4, 0.5) is 0 Å². The van der Waals surface area contributed by atoms with Crippen LogP contribution in [-0.2, 0) is 14.3 Å². The molecule has 298 valence electrons. The van der Waals surface area contributed by atoms with Crippen LogP contribution in [0.25, 0.3) is 0 Å². The number of quaternary nitrogens is 1. The number of hydrogen-bond acceptors (Lipinski definition) is 7. The summed E-state index contributed by atoms with van der Waals surface area (Å²) in [5, 5.41) is 39.6. The van der Waals surface area contributed by atoms with E-state index in [0.29, 0.717) is 30.8 Å². The molecule has 0 aromatic rings. The lowest BCUT2D eigenvalue weighted by Crippen LogP contribution is -2.94. The maximum atomic E-state index is 14.9. The standard InChI is InChI=1S/C45H72N2O6/c1-26-16-21-52-44(25-26,39-38(53-39)42(5,50)40(2,3)17-12-27-15-20-47-35(46)22-27)34-23-29-10-11-31-36-32(14-18-41(34,4)45(29,36)51)43(28-8-6-7-9-28)19-13-30(48)24-33(43)37(31)49/h26-30,32-35,38-39,47-48,50-51H,6-25,46H2,1-5H3/p+1. The third kappa shape index (κ3) is 5.26. The Morgan fingerprint density at radius 3 is 2.47 bits per heavy atom. The van der Waals surface area contributed by atoms with E-state index in [9.17, 15) is 20.1 Å². The molecule has 0 radical (unpaired) electrons. The van der Waals surface area contributed by atoms with Crippen LogP contribution >= 0.6 is 0 Å². The Bertz CT molecular complexity index is 1490. The summed E-state index contributed by atoms with van der Waals surface area (Å²) in [6, 6.07) is 0. The van der Waals surface area contributed by atoms with Crippen molar-refractivity contribution in [1.82, 2.24) is 0 Å². The Labute approximate surface area is 319 Å². The molecular formula is C45H73N2O6+. The fourth-order valence-corrected chi connectivity index (χ4v) is 15.7. The molecule has 4 saturated carbocycles. The molecule has 8 nitrogen and oxygen atoms in total. The highest BCUT2D eigenvalue weighted by atomic mass is 16.6. The highest BCUT2D eigenvalue weighted by molar-refractivity contribution is 6.00. The number of carbonyl (C=O) groups is 1. The van der Waals surface area contributed by atoms with Crippen LogP contribution in [0.2, 0.25) is 0 Å². The van der Waals surface area contributed by atoms with Crippen molar-refractivity contribution < 1.29 is 34.9 Å². The molecule has 3 aliphatic heterocycles. The quantitative estimate of drug-likeness (QED) is 0.206. The molecule has 53 heavy (non-hydrogen) atoms. The molecule has 15 unspecified atom stereocenters. The molecule has 0 aromatic heterocycles. The number of allylic oxidation sites excluding steroid dienone is 1. The summed E-state index contributed by atoms with van der Waals surface area (Å²) in [6.07, 6.45) is 16.8. The van der Waals surface area contributed by atoms with E-state index >= 15 is 0 Å². The molecule has 0 spiro atoms. The molecule has 0 amide bonds. The van der Waals surface area contributed by atoms with Crippen molar-refractivity contribution in [3.05, 3.63) is 11.1 Å². The van der Waals surface area contributed by atoms with Gasteiger partial charge < -0.3 is 30.1 Å². The van der Waals surface area contributed by atoms with Crippen molar-refractivity contribution in [2.24, 2.45) is 63.4 Å². The van der Waals surface area contributed by atoms with Gasteiger partial charge in [0.2, 0.25) is 0 Å². The Morgan fingerprint density at radius 2 is 1.74 bits per heavy atom. The van der Waals surface area contributed by atoms with Crippen molar-refractivity contribution in [2.75, 3.05) is 13.2 Å². The second kappa shape index (κ2) is 12.8. The van der Waals surface area contributed by atoms with Gasteiger partial charge in [-0.2, -0.15) is 0 Å².